The lowest BCUT2D eigenvalue weighted by atomic mass is 10.5. The topological polar surface area (TPSA) is 50.7 Å². The standard InChI is InChI=1S/C9H10N4S2/c1-6-3-10-9(15-6)13-7-4-11-8(14-2)12-5-7/h3-5H,1-2H3,(H,10,13). The molecule has 0 aliphatic heterocycles. The predicted molar refractivity (Wildman–Crippen MR) is 63.9 cm³/mol. The molecule has 0 radical (unpaired) electrons. The Hall–Kier alpha value is -1.14. The molecule has 78 valence electrons. The molecule has 1 N–H and O–H groups in total. The van der Waals surface area contributed by atoms with Gasteiger partial charge in [-0.1, -0.05) is 11.8 Å². The van der Waals surface area contributed by atoms with E-state index in [1.807, 2.05) is 19.4 Å². The molecule has 0 aliphatic carbocycles. The van der Waals surface area contributed by atoms with Crippen molar-refractivity contribution < 1.29 is 0 Å². The summed E-state index contributed by atoms with van der Waals surface area (Å²) in [5, 5.41) is 4.79. The molecule has 0 amide bonds. The van der Waals surface area contributed by atoms with Crippen LogP contribution in [0.4, 0.5) is 10.8 Å². The monoisotopic (exact) mass is 238 g/mol. The van der Waals surface area contributed by atoms with Crippen molar-refractivity contribution in [3.8, 4) is 0 Å². The zero-order valence-corrected chi connectivity index (χ0v) is 10.0. The minimum Gasteiger partial charge on any atom is -0.329 e. The smallest absolute Gasteiger partial charge is 0.187 e. The highest BCUT2D eigenvalue weighted by Crippen LogP contribution is 2.21. The third-order valence-electron chi connectivity index (χ3n) is 1.68. The predicted octanol–water partition coefficient (Wildman–Crippen LogP) is 2.71. The van der Waals surface area contributed by atoms with Crippen LogP contribution in [0.1, 0.15) is 4.88 Å². The summed E-state index contributed by atoms with van der Waals surface area (Å²) in [4.78, 5) is 13.7. The molecule has 0 atom stereocenters. The Balaban J connectivity index is 2.11. The van der Waals surface area contributed by atoms with Crippen LogP contribution in [0.15, 0.2) is 23.7 Å². The third kappa shape index (κ3) is 2.66. The van der Waals surface area contributed by atoms with Crippen LogP contribution in [0.25, 0.3) is 0 Å². The van der Waals surface area contributed by atoms with E-state index in [9.17, 15) is 0 Å². The van der Waals surface area contributed by atoms with Gasteiger partial charge in [0.05, 0.1) is 18.1 Å². The van der Waals surface area contributed by atoms with E-state index in [2.05, 4.69) is 20.3 Å². The molecule has 0 fully saturated rings. The Morgan fingerprint density at radius 2 is 1.93 bits per heavy atom. The maximum absolute atomic E-state index is 4.20. The van der Waals surface area contributed by atoms with Gasteiger partial charge in [-0.05, 0) is 13.2 Å². The van der Waals surface area contributed by atoms with E-state index < -0.39 is 0 Å². The van der Waals surface area contributed by atoms with E-state index in [1.165, 1.54) is 16.6 Å². The van der Waals surface area contributed by atoms with Gasteiger partial charge >= 0.3 is 0 Å². The molecule has 6 heteroatoms. The zero-order valence-electron chi connectivity index (χ0n) is 8.39. The highest BCUT2D eigenvalue weighted by molar-refractivity contribution is 7.98. The van der Waals surface area contributed by atoms with Crippen LogP contribution in [-0.2, 0) is 0 Å². The molecule has 0 aliphatic rings. The van der Waals surface area contributed by atoms with E-state index >= 15 is 0 Å². The lowest BCUT2D eigenvalue weighted by Gasteiger charge is -2.01. The fraction of sp³-hybridized carbons (Fsp3) is 0.222. The zero-order chi connectivity index (χ0) is 10.7. The summed E-state index contributed by atoms with van der Waals surface area (Å²) >= 11 is 3.13. The molecule has 4 nitrogen and oxygen atoms in total. The number of thioether (sulfide) groups is 1. The number of aryl methyl sites for hydroxylation is 1. The molecule has 2 heterocycles. The van der Waals surface area contributed by atoms with Crippen LogP contribution < -0.4 is 5.32 Å². The van der Waals surface area contributed by atoms with E-state index in [0.717, 1.165) is 16.0 Å². The summed E-state index contributed by atoms with van der Waals surface area (Å²) in [6.45, 7) is 2.02. The molecule has 2 rings (SSSR count). The minimum absolute atomic E-state index is 0.774. The van der Waals surface area contributed by atoms with E-state index in [4.69, 9.17) is 0 Å². The van der Waals surface area contributed by atoms with Crippen LogP contribution in [0.3, 0.4) is 0 Å². The normalized spacial score (nSPS) is 10.3. The molecule has 0 aromatic carbocycles. The van der Waals surface area contributed by atoms with Crippen LogP contribution in [0, 0.1) is 6.92 Å². The van der Waals surface area contributed by atoms with Crippen molar-refractivity contribution >= 4 is 33.9 Å². The van der Waals surface area contributed by atoms with E-state index in [0.29, 0.717) is 0 Å². The first-order valence-corrected chi connectivity index (χ1v) is 6.37. The van der Waals surface area contributed by atoms with Crippen molar-refractivity contribution in [1.82, 2.24) is 15.0 Å². The summed E-state index contributed by atoms with van der Waals surface area (Å²) in [5.74, 6) is 0. The highest BCUT2D eigenvalue weighted by Gasteiger charge is 2.00. The number of thiazole rings is 1. The Bertz CT molecular complexity index is 438. The van der Waals surface area contributed by atoms with Crippen molar-refractivity contribution in [2.24, 2.45) is 0 Å². The maximum Gasteiger partial charge on any atom is 0.187 e. The maximum atomic E-state index is 4.20. The lowest BCUT2D eigenvalue weighted by molar-refractivity contribution is 0.972. The number of hydrogen-bond donors (Lipinski definition) is 1. The van der Waals surface area contributed by atoms with Crippen molar-refractivity contribution in [2.75, 3.05) is 11.6 Å². The molecule has 2 aromatic rings. The summed E-state index contributed by atoms with van der Waals surface area (Å²) in [6.07, 6.45) is 7.31. The van der Waals surface area contributed by atoms with Gasteiger partial charge in [0.1, 0.15) is 0 Å². The highest BCUT2D eigenvalue weighted by atomic mass is 32.2. The van der Waals surface area contributed by atoms with Gasteiger partial charge in [0.25, 0.3) is 0 Å². The lowest BCUT2D eigenvalue weighted by Crippen LogP contribution is -1.92. The Kier molecular flexibility index (Phi) is 3.17. The van der Waals surface area contributed by atoms with Crippen LogP contribution in [-0.4, -0.2) is 21.2 Å². The molecule has 0 saturated carbocycles. The quantitative estimate of drug-likeness (QED) is 0.658. The van der Waals surface area contributed by atoms with Gasteiger partial charge in [0.2, 0.25) is 0 Å². The van der Waals surface area contributed by atoms with Gasteiger partial charge in [-0.3, -0.25) is 0 Å². The Morgan fingerprint density at radius 1 is 1.20 bits per heavy atom. The minimum atomic E-state index is 0.774. The molecule has 0 saturated heterocycles. The number of hydrogen-bond acceptors (Lipinski definition) is 6. The first-order chi connectivity index (χ1) is 7.28. The fourth-order valence-electron chi connectivity index (χ4n) is 1.02. The van der Waals surface area contributed by atoms with Crippen molar-refractivity contribution in [2.45, 2.75) is 12.1 Å². The van der Waals surface area contributed by atoms with Gasteiger partial charge in [-0.25, -0.2) is 15.0 Å². The summed E-state index contributed by atoms with van der Waals surface area (Å²) in [7, 11) is 0. The third-order valence-corrected chi connectivity index (χ3v) is 3.09. The Labute approximate surface area is 96.2 Å². The van der Waals surface area contributed by atoms with Crippen LogP contribution in [0.5, 0.6) is 0 Å². The average molecular weight is 238 g/mol. The van der Waals surface area contributed by atoms with Gasteiger partial charge in [-0.15, -0.1) is 11.3 Å². The summed E-state index contributed by atoms with van der Waals surface area (Å²) < 4.78 is 0. The second kappa shape index (κ2) is 4.59. The first-order valence-electron chi connectivity index (χ1n) is 4.33. The van der Waals surface area contributed by atoms with Gasteiger partial charge in [0.15, 0.2) is 10.3 Å². The van der Waals surface area contributed by atoms with Crippen molar-refractivity contribution in [3.05, 3.63) is 23.5 Å². The number of aromatic nitrogens is 3. The van der Waals surface area contributed by atoms with E-state index in [1.54, 1.807) is 23.7 Å². The summed E-state index contributed by atoms with van der Waals surface area (Å²) in [5.41, 5.74) is 0.863. The van der Waals surface area contributed by atoms with Crippen LogP contribution in [0.2, 0.25) is 0 Å². The SMILES string of the molecule is CSc1ncc(Nc2ncc(C)s2)cn1. The van der Waals surface area contributed by atoms with Crippen LogP contribution >= 0.6 is 23.1 Å². The average Bonchev–Trinajstić information content (AvgIpc) is 2.65. The number of nitrogens with zero attached hydrogens (tertiary/aromatic N) is 3. The fourth-order valence-corrected chi connectivity index (χ4v) is 2.02. The van der Waals surface area contributed by atoms with E-state index in [-0.39, 0.29) is 0 Å². The molecule has 0 unspecified atom stereocenters. The second-order valence-corrected chi connectivity index (χ2v) is 4.87. The first kappa shape index (κ1) is 10.4. The number of rotatable bonds is 3. The van der Waals surface area contributed by atoms with Crippen molar-refractivity contribution in [1.29, 1.82) is 0 Å². The van der Waals surface area contributed by atoms with Gasteiger partial charge in [0, 0.05) is 11.1 Å². The molecule has 0 bridgehead atoms. The summed E-state index contributed by atoms with van der Waals surface area (Å²) in [6, 6.07) is 0. The molecular weight excluding hydrogens is 228 g/mol. The number of nitrogens with one attached hydrogen (secondary N) is 1. The molecule has 2 aromatic heterocycles. The Morgan fingerprint density at radius 3 is 2.47 bits per heavy atom. The molecular formula is C9H10N4S2. The molecule has 15 heavy (non-hydrogen) atoms. The number of anilines is 2. The van der Waals surface area contributed by atoms with Gasteiger partial charge in [-0.2, -0.15) is 0 Å². The second-order valence-electron chi connectivity index (χ2n) is 2.86. The van der Waals surface area contributed by atoms with Crippen molar-refractivity contribution in [3.63, 3.8) is 0 Å². The molecule has 0 spiro atoms. The van der Waals surface area contributed by atoms with Gasteiger partial charge < -0.3 is 5.32 Å². The largest absolute Gasteiger partial charge is 0.329 e.